The van der Waals surface area contributed by atoms with Gasteiger partial charge in [-0.1, -0.05) is 83.8 Å². The van der Waals surface area contributed by atoms with E-state index in [0.29, 0.717) is 17.5 Å². The Bertz CT molecular complexity index is 446. The van der Waals surface area contributed by atoms with Crippen LogP contribution in [0.5, 0.6) is 0 Å². The van der Waals surface area contributed by atoms with Crippen molar-refractivity contribution in [1.29, 1.82) is 0 Å². The molecule has 0 aliphatic rings. The standard InChI is InChI=1S/C24H50NO3P/c1-6-8-9-10-11-12-13-14-15-16-17-18-19-20-21-23-28-29(26,27)24(22-7-2)25(3,4)5/h8-9,24H,6-7,10-23H2,1-5H3/p+1/b9-8-. The van der Waals surface area contributed by atoms with Gasteiger partial charge in [0.05, 0.1) is 27.7 Å². The second kappa shape index (κ2) is 17.5. The Kier molecular flexibility index (Phi) is 17.4. The highest BCUT2D eigenvalue weighted by Gasteiger charge is 2.41. The van der Waals surface area contributed by atoms with Crippen LogP contribution in [0.4, 0.5) is 0 Å². The van der Waals surface area contributed by atoms with Crippen LogP contribution in [0.25, 0.3) is 0 Å². The second-order valence-electron chi connectivity index (χ2n) is 9.34. The van der Waals surface area contributed by atoms with E-state index in [2.05, 4.69) is 26.0 Å². The molecule has 2 atom stereocenters. The minimum Gasteiger partial charge on any atom is -0.320 e. The molecule has 4 nitrogen and oxygen atoms in total. The molecule has 0 aromatic carbocycles. The zero-order valence-corrected chi connectivity index (χ0v) is 21.1. The largest absolute Gasteiger partial charge is 0.385 e. The first-order valence-corrected chi connectivity index (χ1v) is 13.8. The highest BCUT2D eigenvalue weighted by atomic mass is 31.2. The Morgan fingerprint density at radius 2 is 1.31 bits per heavy atom. The lowest BCUT2D eigenvalue weighted by atomic mass is 10.1. The summed E-state index contributed by atoms with van der Waals surface area (Å²) >= 11 is 0. The lowest BCUT2D eigenvalue weighted by Crippen LogP contribution is -2.45. The SMILES string of the molecule is CC/C=C\CCCCCCCCCCCCCOP(=O)(O)C(CCC)[N+](C)(C)C. The number of allylic oxidation sites excluding steroid dienone is 2. The molecule has 0 aromatic rings. The molecule has 0 amide bonds. The van der Waals surface area contributed by atoms with Crippen molar-refractivity contribution in [3.05, 3.63) is 12.2 Å². The minimum atomic E-state index is -3.56. The maximum absolute atomic E-state index is 12.6. The normalized spacial score (nSPS) is 15.7. The molecule has 0 saturated carbocycles. The van der Waals surface area contributed by atoms with Gasteiger partial charge in [0.25, 0.3) is 0 Å². The average Bonchev–Trinajstić information content (AvgIpc) is 2.64. The van der Waals surface area contributed by atoms with Crippen LogP contribution in [0, 0.1) is 0 Å². The van der Waals surface area contributed by atoms with E-state index in [1.807, 2.05) is 21.1 Å². The molecule has 0 aliphatic carbocycles. The maximum atomic E-state index is 12.6. The molecule has 0 fully saturated rings. The maximum Gasteiger partial charge on any atom is 0.385 e. The van der Waals surface area contributed by atoms with Crippen LogP contribution < -0.4 is 0 Å². The highest BCUT2D eigenvalue weighted by Crippen LogP contribution is 2.51. The van der Waals surface area contributed by atoms with E-state index in [1.54, 1.807) is 0 Å². The van der Waals surface area contributed by atoms with Crippen LogP contribution in [0.3, 0.4) is 0 Å². The second-order valence-corrected chi connectivity index (χ2v) is 11.3. The number of quaternary nitrogens is 1. The van der Waals surface area contributed by atoms with Crippen molar-refractivity contribution in [2.75, 3.05) is 27.7 Å². The molecular formula is C24H51NO3P+. The summed E-state index contributed by atoms with van der Waals surface area (Å²) in [5, 5.41) is 0. The number of hydrogen-bond acceptors (Lipinski definition) is 2. The first kappa shape index (κ1) is 28.9. The van der Waals surface area contributed by atoms with Crippen molar-refractivity contribution < 1.29 is 18.5 Å². The molecule has 0 rings (SSSR count). The summed E-state index contributed by atoms with van der Waals surface area (Å²) in [5.41, 5.74) is 0. The third-order valence-electron chi connectivity index (χ3n) is 5.51. The van der Waals surface area contributed by atoms with Crippen molar-refractivity contribution in [2.24, 2.45) is 0 Å². The van der Waals surface area contributed by atoms with Crippen LogP contribution in [-0.4, -0.2) is 42.9 Å². The van der Waals surface area contributed by atoms with E-state index >= 15 is 0 Å². The number of nitrogens with zero attached hydrogens (tertiary/aromatic N) is 1. The van der Waals surface area contributed by atoms with Crippen LogP contribution in [0.15, 0.2) is 12.2 Å². The summed E-state index contributed by atoms with van der Waals surface area (Å²) in [6.07, 6.45) is 22.6. The van der Waals surface area contributed by atoms with Gasteiger partial charge in [-0.25, -0.2) is 0 Å². The van der Waals surface area contributed by atoms with E-state index in [9.17, 15) is 9.46 Å². The zero-order chi connectivity index (χ0) is 22.0. The Labute approximate surface area is 182 Å². The van der Waals surface area contributed by atoms with Gasteiger partial charge in [0.1, 0.15) is 0 Å². The van der Waals surface area contributed by atoms with Crippen molar-refractivity contribution in [1.82, 2.24) is 0 Å². The van der Waals surface area contributed by atoms with Gasteiger partial charge in [-0.2, -0.15) is 0 Å². The summed E-state index contributed by atoms with van der Waals surface area (Å²) < 4.78 is 18.6. The van der Waals surface area contributed by atoms with Gasteiger partial charge in [0.2, 0.25) is 0 Å². The smallest absolute Gasteiger partial charge is 0.320 e. The van der Waals surface area contributed by atoms with Crippen molar-refractivity contribution in [3.63, 3.8) is 0 Å². The fourth-order valence-corrected chi connectivity index (χ4v) is 5.79. The van der Waals surface area contributed by atoms with Crippen LogP contribution in [0.1, 0.15) is 110 Å². The Morgan fingerprint density at radius 1 is 0.828 bits per heavy atom. The Morgan fingerprint density at radius 3 is 1.76 bits per heavy atom. The molecule has 0 saturated heterocycles. The summed E-state index contributed by atoms with van der Waals surface area (Å²) in [4.78, 5) is 10.4. The van der Waals surface area contributed by atoms with Crippen LogP contribution >= 0.6 is 7.60 Å². The fourth-order valence-electron chi connectivity index (χ4n) is 3.77. The molecule has 0 aromatic heterocycles. The monoisotopic (exact) mass is 432 g/mol. The molecule has 0 radical (unpaired) electrons. The fraction of sp³-hybridized carbons (Fsp3) is 0.917. The van der Waals surface area contributed by atoms with Gasteiger partial charge in [-0.3, -0.25) is 4.57 Å². The van der Waals surface area contributed by atoms with Gasteiger partial charge < -0.3 is 13.9 Å². The lowest BCUT2D eigenvalue weighted by molar-refractivity contribution is -0.883. The van der Waals surface area contributed by atoms with E-state index in [-0.39, 0.29) is 5.78 Å². The molecule has 5 heteroatoms. The Balaban J connectivity index is 3.59. The van der Waals surface area contributed by atoms with Gasteiger partial charge in [-0.15, -0.1) is 0 Å². The zero-order valence-electron chi connectivity index (χ0n) is 20.2. The quantitative estimate of drug-likeness (QED) is 0.0929. The number of hydrogen-bond donors (Lipinski definition) is 1. The third-order valence-corrected chi connectivity index (χ3v) is 7.77. The summed E-state index contributed by atoms with van der Waals surface area (Å²) in [6, 6.07) is 0. The summed E-state index contributed by atoms with van der Waals surface area (Å²) in [6.45, 7) is 4.64. The van der Waals surface area contributed by atoms with Crippen molar-refractivity contribution in [2.45, 2.75) is 116 Å². The molecule has 174 valence electrons. The average molecular weight is 433 g/mol. The van der Waals surface area contributed by atoms with Crippen molar-refractivity contribution >= 4 is 7.60 Å². The van der Waals surface area contributed by atoms with E-state index in [1.165, 1.54) is 64.2 Å². The summed E-state index contributed by atoms with van der Waals surface area (Å²) in [5.74, 6) is -0.333. The summed E-state index contributed by atoms with van der Waals surface area (Å²) in [7, 11) is 2.35. The van der Waals surface area contributed by atoms with Crippen LogP contribution in [-0.2, 0) is 9.09 Å². The van der Waals surface area contributed by atoms with Crippen LogP contribution in [0.2, 0.25) is 0 Å². The third kappa shape index (κ3) is 16.2. The lowest BCUT2D eigenvalue weighted by Gasteiger charge is -2.35. The van der Waals surface area contributed by atoms with E-state index in [4.69, 9.17) is 4.52 Å². The first-order valence-electron chi connectivity index (χ1n) is 12.2. The highest BCUT2D eigenvalue weighted by molar-refractivity contribution is 7.53. The minimum absolute atomic E-state index is 0.333. The molecule has 0 heterocycles. The number of rotatable bonds is 20. The topological polar surface area (TPSA) is 46.5 Å². The molecule has 0 spiro atoms. The van der Waals surface area contributed by atoms with Gasteiger partial charge in [0.15, 0.2) is 5.78 Å². The van der Waals surface area contributed by atoms with E-state index < -0.39 is 7.60 Å². The molecule has 29 heavy (non-hydrogen) atoms. The Hall–Kier alpha value is -0.150. The molecular weight excluding hydrogens is 381 g/mol. The van der Waals surface area contributed by atoms with E-state index in [0.717, 1.165) is 25.7 Å². The molecule has 0 bridgehead atoms. The molecule has 0 aliphatic heterocycles. The first-order chi connectivity index (χ1) is 13.8. The van der Waals surface area contributed by atoms with Gasteiger partial charge in [0, 0.05) is 6.42 Å². The molecule has 2 unspecified atom stereocenters. The van der Waals surface area contributed by atoms with Gasteiger partial charge in [-0.05, 0) is 32.1 Å². The number of unbranched alkanes of at least 4 members (excludes halogenated alkanes) is 11. The molecule has 1 N–H and O–H groups in total. The van der Waals surface area contributed by atoms with Crippen molar-refractivity contribution in [3.8, 4) is 0 Å². The predicted molar refractivity (Wildman–Crippen MR) is 127 cm³/mol. The predicted octanol–water partition coefficient (Wildman–Crippen LogP) is 7.67. The van der Waals surface area contributed by atoms with Gasteiger partial charge >= 0.3 is 7.60 Å².